The normalized spacial score (nSPS) is 22.7. The van der Waals surface area contributed by atoms with E-state index in [1.807, 2.05) is 17.8 Å². The number of hydrogen-bond donors (Lipinski definition) is 1. The van der Waals surface area contributed by atoms with Gasteiger partial charge in [-0.25, -0.2) is 4.98 Å². The lowest BCUT2D eigenvalue weighted by Gasteiger charge is -2.49. The van der Waals surface area contributed by atoms with Gasteiger partial charge in [-0.15, -0.1) is 0 Å². The zero-order chi connectivity index (χ0) is 13.3. The zero-order valence-corrected chi connectivity index (χ0v) is 11.6. The zero-order valence-electron chi connectivity index (χ0n) is 11.6. The molecule has 2 heterocycles. The molecular weight excluding hydrogens is 240 g/mol. The van der Waals surface area contributed by atoms with E-state index in [2.05, 4.69) is 15.2 Å². The topological polar surface area (TPSA) is 50.2 Å². The van der Waals surface area contributed by atoms with Crippen LogP contribution in [0.2, 0.25) is 0 Å². The summed E-state index contributed by atoms with van der Waals surface area (Å²) in [5.41, 5.74) is 0.0273. The van der Waals surface area contributed by atoms with Crippen molar-refractivity contribution in [2.75, 3.05) is 19.6 Å². The lowest BCUT2D eigenvalue weighted by Crippen LogP contribution is -2.63. The number of piperazine rings is 1. The van der Waals surface area contributed by atoms with Crippen LogP contribution in [0, 0.1) is 0 Å². The van der Waals surface area contributed by atoms with Crippen molar-refractivity contribution in [3.8, 4) is 0 Å². The number of carbonyl (C=O) groups excluding carboxylic acids is 1. The fourth-order valence-electron chi connectivity index (χ4n) is 3.51. The first kappa shape index (κ1) is 12.7. The van der Waals surface area contributed by atoms with Crippen LogP contribution in [-0.4, -0.2) is 45.5 Å². The molecule has 1 spiro atoms. The number of nitrogens with zero attached hydrogens (tertiary/aromatic N) is 3. The Hall–Kier alpha value is -1.36. The highest BCUT2D eigenvalue weighted by molar-refractivity contribution is 5.91. The molecule has 104 valence electrons. The van der Waals surface area contributed by atoms with Crippen LogP contribution in [0.4, 0.5) is 0 Å². The molecule has 1 aliphatic heterocycles. The molecule has 1 saturated carbocycles. The standard InChI is InChI=1S/C14H22N4O/c1-17-9-8-16-12(17)13(19)18-10-7-15-11-14(18)5-3-2-4-6-14/h8-9,15H,2-7,10-11H2,1H3. The van der Waals surface area contributed by atoms with Gasteiger partial charge >= 0.3 is 0 Å². The van der Waals surface area contributed by atoms with Crippen molar-refractivity contribution in [2.24, 2.45) is 7.05 Å². The predicted octanol–water partition coefficient (Wildman–Crippen LogP) is 1.17. The van der Waals surface area contributed by atoms with Gasteiger partial charge in [-0.2, -0.15) is 0 Å². The molecule has 0 atom stereocenters. The highest BCUT2D eigenvalue weighted by Gasteiger charge is 2.43. The number of imidazole rings is 1. The highest BCUT2D eigenvalue weighted by atomic mass is 16.2. The number of amides is 1. The number of hydrogen-bond acceptors (Lipinski definition) is 3. The van der Waals surface area contributed by atoms with Crippen molar-refractivity contribution in [2.45, 2.75) is 37.6 Å². The van der Waals surface area contributed by atoms with E-state index in [9.17, 15) is 4.79 Å². The maximum absolute atomic E-state index is 12.8. The monoisotopic (exact) mass is 262 g/mol. The molecule has 19 heavy (non-hydrogen) atoms. The van der Waals surface area contributed by atoms with E-state index in [0.717, 1.165) is 32.5 Å². The van der Waals surface area contributed by atoms with Gasteiger partial charge in [0.15, 0.2) is 5.82 Å². The van der Waals surface area contributed by atoms with Gasteiger partial charge in [0.25, 0.3) is 5.91 Å². The average molecular weight is 262 g/mol. The molecule has 1 amide bonds. The molecule has 0 bridgehead atoms. The van der Waals surface area contributed by atoms with E-state index in [-0.39, 0.29) is 11.4 Å². The molecule has 1 N–H and O–H groups in total. The Morgan fingerprint density at radius 2 is 2.16 bits per heavy atom. The number of carbonyl (C=O) groups is 1. The minimum Gasteiger partial charge on any atom is -0.330 e. The number of nitrogens with one attached hydrogen (secondary N) is 1. The number of aryl methyl sites for hydroxylation is 1. The Balaban J connectivity index is 1.88. The van der Waals surface area contributed by atoms with Crippen LogP contribution in [0.5, 0.6) is 0 Å². The van der Waals surface area contributed by atoms with Crippen LogP contribution in [0.15, 0.2) is 12.4 Å². The third-order valence-corrected chi connectivity index (χ3v) is 4.58. The molecule has 1 aromatic heterocycles. The fourth-order valence-corrected chi connectivity index (χ4v) is 3.51. The fraction of sp³-hybridized carbons (Fsp3) is 0.714. The molecule has 5 heteroatoms. The summed E-state index contributed by atoms with van der Waals surface area (Å²) in [5.74, 6) is 0.655. The van der Waals surface area contributed by atoms with E-state index in [0.29, 0.717) is 5.82 Å². The van der Waals surface area contributed by atoms with Crippen LogP contribution in [0.25, 0.3) is 0 Å². The Bertz CT molecular complexity index is 454. The molecule has 1 aliphatic carbocycles. The Labute approximate surface area is 114 Å². The molecule has 2 fully saturated rings. The number of rotatable bonds is 1. The molecular formula is C14H22N4O. The molecule has 1 aromatic rings. The van der Waals surface area contributed by atoms with Crippen molar-refractivity contribution in [1.29, 1.82) is 0 Å². The Morgan fingerprint density at radius 3 is 2.84 bits per heavy atom. The van der Waals surface area contributed by atoms with Gasteiger partial charge in [0.05, 0.1) is 5.54 Å². The third-order valence-electron chi connectivity index (χ3n) is 4.58. The highest BCUT2D eigenvalue weighted by Crippen LogP contribution is 2.35. The maximum atomic E-state index is 12.8. The average Bonchev–Trinajstić information content (AvgIpc) is 2.86. The molecule has 2 aliphatic rings. The molecule has 1 saturated heterocycles. The lowest BCUT2D eigenvalue weighted by molar-refractivity contribution is 0.0209. The van der Waals surface area contributed by atoms with Crippen molar-refractivity contribution >= 4 is 5.91 Å². The van der Waals surface area contributed by atoms with E-state index in [4.69, 9.17) is 0 Å². The van der Waals surface area contributed by atoms with Gasteiger partial charge in [-0.3, -0.25) is 4.79 Å². The molecule has 0 radical (unpaired) electrons. The Morgan fingerprint density at radius 1 is 1.37 bits per heavy atom. The van der Waals surface area contributed by atoms with Crippen LogP contribution >= 0.6 is 0 Å². The first-order valence-corrected chi connectivity index (χ1v) is 7.23. The largest absolute Gasteiger partial charge is 0.330 e. The second kappa shape index (κ2) is 4.96. The van der Waals surface area contributed by atoms with Crippen LogP contribution in [0.3, 0.4) is 0 Å². The molecule has 5 nitrogen and oxygen atoms in total. The molecule has 0 aromatic carbocycles. The van der Waals surface area contributed by atoms with Gasteiger partial charge in [0, 0.05) is 39.1 Å². The minimum atomic E-state index is 0.0273. The summed E-state index contributed by atoms with van der Waals surface area (Å²) >= 11 is 0. The van der Waals surface area contributed by atoms with Gasteiger partial charge in [-0.05, 0) is 12.8 Å². The van der Waals surface area contributed by atoms with Crippen LogP contribution in [-0.2, 0) is 7.05 Å². The quantitative estimate of drug-likeness (QED) is 0.826. The first-order chi connectivity index (χ1) is 9.23. The summed E-state index contributed by atoms with van der Waals surface area (Å²) in [6.07, 6.45) is 9.53. The smallest absolute Gasteiger partial charge is 0.290 e. The summed E-state index contributed by atoms with van der Waals surface area (Å²) in [7, 11) is 1.88. The second-order valence-electron chi connectivity index (χ2n) is 5.78. The summed E-state index contributed by atoms with van der Waals surface area (Å²) in [6, 6.07) is 0. The predicted molar refractivity (Wildman–Crippen MR) is 72.9 cm³/mol. The lowest BCUT2D eigenvalue weighted by atomic mass is 9.79. The molecule has 3 rings (SSSR count). The summed E-state index contributed by atoms with van der Waals surface area (Å²) < 4.78 is 1.82. The van der Waals surface area contributed by atoms with Crippen molar-refractivity contribution in [3.63, 3.8) is 0 Å². The van der Waals surface area contributed by atoms with Gasteiger partial charge in [0.1, 0.15) is 0 Å². The second-order valence-corrected chi connectivity index (χ2v) is 5.78. The summed E-state index contributed by atoms with van der Waals surface area (Å²) in [4.78, 5) is 19.1. The Kier molecular flexibility index (Phi) is 3.31. The van der Waals surface area contributed by atoms with Crippen LogP contribution < -0.4 is 5.32 Å². The van der Waals surface area contributed by atoms with E-state index in [1.165, 1.54) is 19.3 Å². The van der Waals surface area contributed by atoms with Gasteiger partial charge in [-0.1, -0.05) is 19.3 Å². The van der Waals surface area contributed by atoms with E-state index < -0.39 is 0 Å². The van der Waals surface area contributed by atoms with E-state index >= 15 is 0 Å². The first-order valence-electron chi connectivity index (χ1n) is 7.23. The third kappa shape index (κ3) is 2.16. The summed E-state index contributed by atoms with van der Waals surface area (Å²) in [5, 5.41) is 3.47. The minimum absolute atomic E-state index is 0.0273. The summed E-state index contributed by atoms with van der Waals surface area (Å²) in [6.45, 7) is 2.62. The van der Waals surface area contributed by atoms with Gasteiger partial charge in [0.2, 0.25) is 0 Å². The van der Waals surface area contributed by atoms with Crippen molar-refractivity contribution in [1.82, 2.24) is 19.8 Å². The van der Waals surface area contributed by atoms with Crippen molar-refractivity contribution in [3.05, 3.63) is 18.2 Å². The van der Waals surface area contributed by atoms with Crippen molar-refractivity contribution < 1.29 is 4.79 Å². The van der Waals surface area contributed by atoms with Gasteiger partial charge < -0.3 is 14.8 Å². The van der Waals surface area contributed by atoms with E-state index in [1.54, 1.807) is 6.20 Å². The SMILES string of the molecule is Cn1ccnc1C(=O)N1CCNCC12CCCCC2. The van der Waals surface area contributed by atoms with Crippen LogP contribution in [0.1, 0.15) is 42.7 Å². The maximum Gasteiger partial charge on any atom is 0.290 e. The number of aromatic nitrogens is 2. The molecule has 0 unspecified atom stereocenters.